The van der Waals surface area contributed by atoms with Gasteiger partial charge in [0.25, 0.3) is 0 Å². The molecule has 3 rings (SSSR count). The molecule has 0 bridgehead atoms. The van der Waals surface area contributed by atoms with Crippen LogP contribution in [0.3, 0.4) is 0 Å². The van der Waals surface area contributed by atoms with E-state index < -0.39 is 0 Å². The quantitative estimate of drug-likeness (QED) is 0.760. The second kappa shape index (κ2) is 10.1. The van der Waals surface area contributed by atoms with Gasteiger partial charge in [0, 0.05) is 57.4 Å². The number of amides is 1. The molecule has 0 radical (unpaired) electrons. The minimum absolute atomic E-state index is 0.0129. The number of rotatable bonds is 8. The smallest absolute Gasteiger partial charge is 0.225 e. The molecule has 6 nitrogen and oxygen atoms in total. The zero-order valence-electron chi connectivity index (χ0n) is 16.7. The molecule has 0 aliphatic carbocycles. The SMILES string of the molecule is COc1ccc(NC(=O)CCN2CCN(Cc3ccccc3)CC2)cc1OC. The summed E-state index contributed by atoms with van der Waals surface area (Å²) in [5.41, 5.74) is 2.07. The van der Waals surface area contributed by atoms with Gasteiger partial charge in [0.1, 0.15) is 0 Å². The highest BCUT2D eigenvalue weighted by molar-refractivity contribution is 5.91. The molecule has 1 heterocycles. The first-order chi connectivity index (χ1) is 13.7. The van der Waals surface area contributed by atoms with Crippen molar-refractivity contribution in [3.05, 3.63) is 54.1 Å². The molecule has 0 aromatic heterocycles. The summed E-state index contributed by atoms with van der Waals surface area (Å²) >= 11 is 0. The van der Waals surface area contributed by atoms with Crippen molar-refractivity contribution in [2.75, 3.05) is 52.3 Å². The highest BCUT2D eigenvalue weighted by atomic mass is 16.5. The Labute approximate surface area is 167 Å². The molecule has 1 fully saturated rings. The van der Waals surface area contributed by atoms with E-state index in [4.69, 9.17) is 9.47 Å². The Morgan fingerprint density at radius 1 is 0.929 bits per heavy atom. The maximum absolute atomic E-state index is 12.3. The van der Waals surface area contributed by atoms with Gasteiger partial charge in [-0.3, -0.25) is 9.69 Å². The first-order valence-electron chi connectivity index (χ1n) is 9.68. The second-order valence-corrected chi connectivity index (χ2v) is 6.97. The van der Waals surface area contributed by atoms with Crippen LogP contribution < -0.4 is 14.8 Å². The monoisotopic (exact) mass is 383 g/mol. The standard InChI is InChI=1S/C22H29N3O3/c1-27-20-9-8-19(16-21(20)28-2)23-22(26)10-11-24-12-14-25(15-13-24)17-18-6-4-3-5-7-18/h3-9,16H,10-15,17H2,1-2H3,(H,23,26). The van der Waals surface area contributed by atoms with Crippen molar-refractivity contribution < 1.29 is 14.3 Å². The summed E-state index contributed by atoms with van der Waals surface area (Å²) in [5.74, 6) is 1.27. The van der Waals surface area contributed by atoms with Gasteiger partial charge in [0.15, 0.2) is 11.5 Å². The Morgan fingerprint density at radius 3 is 2.29 bits per heavy atom. The lowest BCUT2D eigenvalue weighted by Gasteiger charge is -2.34. The van der Waals surface area contributed by atoms with Gasteiger partial charge in [0.2, 0.25) is 5.91 Å². The van der Waals surface area contributed by atoms with Crippen LogP contribution in [0.5, 0.6) is 11.5 Å². The van der Waals surface area contributed by atoms with Crippen LogP contribution in [0.25, 0.3) is 0 Å². The third kappa shape index (κ3) is 5.71. The van der Waals surface area contributed by atoms with Gasteiger partial charge in [-0.2, -0.15) is 0 Å². The minimum Gasteiger partial charge on any atom is -0.493 e. The second-order valence-electron chi connectivity index (χ2n) is 6.97. The number of hydrogen-bond donors (Lipinski definition) is 1. The van der Waals surface area contributed by atoms with Crippen molar-refractivity contribution >= 4 is 11.6 Å². The van der Waals surface area contributed by atoms with Gasteiger partial charge < -0.3 is 19.7 Å². The third-order valence-electron chi connectivity index (χ3n) is 5.04. The fourth-order valence-corrected chi connectivity index (χ4v) is 3.41. The van der Waals surface area contributed by atoms with Crippen LogP contribution in [0.4, 0.5) is 5.69 Å². The molecule has 0 saturated carbocycles. The van der Waals surface area contributed by atoms with Gasteiger partial charge in [-0.25, -0.2) is 0 Å². The van der Waals surface area contributed by atoms with E-state index in [0.717, 1.165) is 45.0 Å². The van der Waals surface area contributed by atoms with Crippen LogP contribution in [0, 0.1) is 0 Å². The molecule has 6 heteroatoms. The number of nitrogens with zero attached hydrogens (tertiary/aromatic N) is 2. The predicted octanol–water partition coefficient (Wildman–Crippen LogP) is 2.85. The van der Waals surface area contributed by atoms with E-state index in [9.17, 15) is 4.79 Å². The van der Waals surface area contributed by atoms with E-state index in [1.165, 1.54) is 5.56 Å². The summed E-state index contributed by atoms with van der Waals surface area (Å²) in [5, 5.41) is 2.94. The van der Waals surface area contributed by atoms with Crippen molar-refractivity contribution in [3.63, 3.8) is 0 Å². The molecule has 1 amide bonds. The molecule has 2 aromatic rings. The Bertz CT molecular complexity index is 759. The van der Waals surface area contributed by atoms with Crippen LogP contribution in [-0.4, -0.2) is 62.7 Å². The fourth-order valence-electron chi connectivity index (χ4n) is 3.41. The average molecular weight is 383 g/mol. The minimum atomic E-state index is 0.0129. The molecular weight excluding hydrogens is 354 g/mol. The molecule has 0 unspecified atom stereocenters. The van der Waals surface area contributed by atoms with Crippen LogP contribution in [0.15, 0.2) is 48.5 Å². The zero-order chi connectivity index (χ0) is 19.8. The summed E-state index contributed by atoms with van der Waals surface area (Å²) < 4.78 is 10.5. The summed E-state index contributed by atoms with van der Waals surface area (Å²) in [7, 11) is 3.18. The number of nitrogens with one attached hydrogen (secondary N) is 1. The van der Waals surface area contributed by atoms with E-state index in [0.29, 0.717) is 17.9 Å². The number of ether oxygens (including phenoxy) is 2. The lowest BCUT2D eigenvalue weighted by atomic mass is 10.2. The normalized spacial score (nSPS) is 15.2. The number of carbonyl (C=O) groups is 1. The maximum Gasteiger partial charge on any atom is 0.225 e. The Morgan fingerprint density at radius 2 is 1.61 bits per heavy atom. The van der Waals surface area contributed by atoms with Crippen LogP contribution >= 0.6 is 0 Å². The summed E-state index contributed by atoms with van der Waals surface area (Å²) in [6.07, 6.45) is 0.479. The highest BCUT2D eigenvalue weighted by Gasteiger charge is 2.17. The number of methoxy groups -OCH3 is 2. The molecule has 28 heavy (non-hydrogen) atoms. The predicted molar refractivity (Wildman–Crippen MR) is 111 cm³/mol. The Kier molecular flexibility index (Phi) is 7.28. The first kappa shape index (κ1) is 20.2. The fraction of sp³-hybridized carbons (Fsp3) is 0.409. The number of piperazine rings is 1. The van der Waals surface area contributed by atoms with E-state index in [2.05, 4.69) is 45.4 Å². The molecule has 2 aromatic carbocycles. The summed E-state index contributed by atoms with van der Waals surface area (Å²) in [6, 6.07) is 16.0. The Hall–Kier alpha value is -2.57. The van der Waals surface area contributed by atoms with Crippen LogP contribution in [0.1, 0.15) is 12.0 Å². The molecule has 0 spiro atoms. The molecule has 0 atom stereocenters. The summed E-state index contributed by atoms with van der Waals surface area (Å²) in [6.45, 7) is 5.83. The van der Waals surface area contributed by atoms with Gasteiger partial charge in [-0.1, -0.05) is 30.3 Å². The van der Waals surface area contributed by atoms with E-state index in [-0.39, 0.29) is 5.91 Å². The van der Waals surface area contributed by atoms with Crippen molar-refractivity contribution in [3.8, 4) is 11.5 Å². The summed E-state index contributed by atoms with van der Waals surface area (Å²) in [4.78, 5) is 17.1. The van der Waals surface area contributed by atoms with Crippen molar-refractivity contribution in [1.82, 2.24) is 9.80 Å². The molecule has 1 saturated heterocycles. The van der Waals surface area contributed by atoms with E-state index in [1.54, 1.807) is 26.4 Å². The van der Waals surface area contributed by atoms with Crippen molar-refractivity contribution in [2.45, 2.75) is 13.0 Å². The molecule has 1 N–H and O–H groups in total. The largest absolute Gasteiger partial charge is 0.493 e. The lowest BCUT2D eigenvalue weighted by Crippen LogP contribution is -2.46. The number of anilines is 1. The van der Waals surface area contributed by atoms with E-state index >= 15 is 0 Å². The molecule has 1 aliphatic rings. The Balaban J connectivity index is 1.40. The lowest BCUT2D eigenvalue weighted by molar-refractivity contribution is -0.116. The first-order valence-corrected chi connectivity index (χ1v) is 9.68. The molecule has 150 valence electrons. The number of carbonyl (C=O) groups excluding carboxylic acids is 1. The topological polar surface area (TPSA) is 54.0 Å². The van der Waals surface area contributed by atoms with Gasteiger partial charge in [0.05, 0.1) is 14.2 Å². The van der Waals surface area contributed by atoms with Crippen LogP contribution in [-0.2, 0) is 11.3 Å². The molecular formula is C22H29N3O3. The number of benzene rings is 2. The highest BCUT2D eigenvalue weighted by Crippen LogP contribution is 2.29. The third-order valence-corrected chi connectivity index (χ3v) is 5.04. The van der Waals surface area contributed by atoms with Crippen molar-refractivity contribution in [2.24, 2.45) is 0 Å². The molecule has 1 aliphatic heterocycles. The zero-order valence-corrected chi connectivity index (χ0v) is 16.7. The van der Waals surface area contributed by atoms with Gasteiger partial charge >= 0.3 is 0 Å². The van der Waals surface area contributed by atoms with Crippen LogP contribution in [0.2, 0.25) is 0 Å². The van der Waals surface area contributed by atoms with E-state index in [1.807, 2.05) is 6.07 Å². The van der Waals surface area contributed by atoms with Crippen molar-refractivity contribution in [1.29, 1.82) is 0 Å². The maximum atomic E-state index is 12.3. The van der Waals surface area contributed by atoms with Gasteiger partial charge in [-0.05, 0) is 17.7 Å². The van der Waals surface area contributed by atoms with Gasteiger partial charge in [-0.15, -0.1) is 0 Å². The average Bonchev–Trinajstić information content (AvgIpc) is 2.74. The number of hydrogen-bond acceptors (Lipinski definition) is 5.